The first kappa shape index (κ1) is 21.6. The Bertz CT molecular complexity index is 1080. The number of benzene rings is 1. The normalized spacial score (nSPS) is 20.0. The number of phenols is 1. The van der Waals surface area contributed by atoms with E-state index in [1.807, 2.05) is 12.1 Å². The van der Waals surface area contributed by atoms with Crippen molar-refractivity contribution in [3.8, 4) is 17.1 Å². The molecular weight excluding hydrogens is 422 g/mol. The zero-order valence-corrected chi connectivity index (χ0v) is 19.6. The van der Waals surface area contributed by atoms with Crippen molar-refractivity contribution in [1.82, 2.24) is 19.8 Å². The molecule has 0 bridgehead atoms. The number of thiophene rings is 1. The van der Waals surface area contributed by atoms with Crippen LogP contribution >= 0.6 is 11.3 Å². The average Bonchev–Trinajstić information content (AvgIpc) is 3.38. The third-order valence-electron chi connectivity index (χ3n) is 6.44. The van der Waals surface area contributed by atoms with Crippen LogP contribution in [0.1, 0.15) is 17.7 Å². The highest BCUT2D eigenvalue weighted by molar-refractivity contribution is 7.19. The summed E-state index contributed by atoms with van der Waals surface area (Å²) in [5, 5.41) is 9.96. The molecule has 8 heteroatoms. The zero-order valence-electron chi connectivity index (χ0n) is 18.8. The number of rotatable bonds is 6. The summed E-state index contributed by atoms with van der Waals surface area (Å²) in [5.41, 5.74) is 1.81. The molecule has 0 aliphatic carbocycles. The van der Waals surface area contributed by atoms with Gasteiger partial charge in [0.15, 0.2) is 11.6 Å². The van der Waals surface area contributed by atoms with Gasteiger partial charge in [-0.1, -0.05) is 12.1 Å². The number of nitrogens with zero attached hydrogens (tertiary/aromatic N) is 5. The first-order valence-corrected chi connectivity index (χ1v) is 12.2. The van der Waals surface area contributed by atoms with Crippen molar-refractivity contribution in [2.24, 2.45) is 0 Å². The zero-order chi connectivity index (χ0) is 22.1. The number of likely N-dealkylation sites (N-methyl/N-ethyl adjacent to an activating group) is 2. The Kier molecular flexibility index (Phi) is 6.28. The highest BCUT2D eigenvalue weighted by Gasteiger charge is 2.23. The smallest absolute Gasteiger partial charge is 0.162 e. The van der Waals surface area contributed by atoms with Gasteiger partial charge in [0.05, 0.1) is 23.4 Å². The topological polar surface area (TPSA) is 65.0 Å². The van der Waals surface area contributed by atoms with E-state index < -0.39 is 0 Å². The van der Waals surface area contributed by atoms with Crippen molar-refractivity contribution in [2.75, 3.05) is 58.4 Å². The number of fused-ring (bicyclic) bond motifs is 1. The van der Waals surface area contributed by atoms with Crippen LogP contribution in [0.2, 0.25) is 0 Å². The molecule has 0 saturated carbocycles. The first-order chi connectivity index (χ1) is 15.6. The van der Waals surface area contributed by atoms with Crippen molar-refractivity contribution in [1.29, 1.82) is 0 Å². The third-order valence-corrected chi connectivity index (χ3v) is 7.54. The van der Waals surface area contributed by atoms with E-state index in [0.29, 0.717) is 25.1 Å². The van der Waals surface area contributed by atoms with Crippen molar-refractivity contribution < 1.29 is 9.84 Å². The summed E-state index contributed by atoms with van der Waals surface area (Å²) < 4.78 is 6.70. The lowest BCUT2D eigenvalue weighted by molar-refractivity contribution is 0.122. The van der Waals surface area contributed by atoms with Crippen molar-refractivity contribution >= 4 is 27.4 Å². The Balaban J connectivity index is 1.47. The number of hydrogen-bond donors (Lipinski definition) is 1. The predicted octanol–water partition coefficient (Wildman–Crippen LogP) is 3.43. The van der Waals surface area contributed by atoms with Gasteiger partial charge in [-0.15, -0.1) is 11.3 Å². The molecule has 32 heavy (non-hydrogen) atoms. The van der Waals surface area contributed by atoms with Gasteiger partial charge in [0.2, 0.25) is 0 Å². The standard InChI is InChI=1S/C24H31N5O2S/c1-27(15-18-6-4-8-28(18)2)16-20-14-21-22(32-20)24(29-9-11-31-12-10-29)26-23(25-21)17-5-3-7-19(30)13-17/h3,5,7,13-14,18,30H,4,6,8-12,15-16H2,1-2H3. The second-order valence-corrected chi connectivity index (χ2v) is 10.1. The Morgan fingerprint density at radius 2 is 2.03 bits per heavy atom. The van der Waals surface area contributed by atoms with Gasteiger partial charge < -0.3 is 19.6 Å². The summed E-state index contributed by atoms with van der Waals surface area (Å²) >= 11 is 1.80. The maximum Gasteiger partial charge on any atom is 0.162 e. The van der Waals surface area contributed by atoms with Crippen LogP contribution in [0.5, 0.6) is 5.75 Å². The molecule has 2 aliphatic heterocycles. The van der Waals surface area contributed by atoms with E-state index in [1.165, 1.54) is 24.3 Å². The average molecular weight is 454 g/mol. The number of likely N-dealkylation sites (tertiary alicyclic amines) is 1. The monoisotopic (exact) mass is 453 g/mol. The lowest BCUT2D eigenvalue weighted by Crippen LogP contribution is -2.36. The highest BCUT2D eigenvalue weighted by Crippen LogP contribution is 2.35. The molecule has 4 heterocycles. The molecule has 1 aromatic carbocycles. The fourth-order valence-electron chi connectivity index (χ4n) is 4.71. The quantitative estimate of drug-likeness (QED) is 0.613. The van der Waals surface area contributed by atoms with Crippen LogP contribution in [0.4, 0.5) is 5.82 Å². The van der Waals surface area contributed by atoms with Crippen molar-refractivity contribution in [2.45, 2.75) is 25.4 Å². The van der Waals surface area contributed by atoms with E-state index in [1.54, 1.807) is 23.5 Å². The molecule has 0 spiro atoms. The van der Waals surface area contributed by atoms with Gasteiger partial charge in [-0.25, -0.2) is 9.97 Å². The van der Waals surface area contributed by atoms with Crippen LogP contribution in [-0.4, -0.2) is 84.4 Å². The molecule has 1 unspecified atom stereocenters. The molecular formula is C24H31N5O2S. The first-order valence-electron chi connectivity index (χ1n) is 11.4. The number of anilines is 1. The van der Waals surface area contributed by atoms with E-state index in [-0.39, 0.29) is 5.75 Å². The summed E-state index contributed by atoms with van der Waals surface area (Å²) in [6, 6.07) is 10.0. The molecule has 3 aromatic rings. The van der Waals surface area contributed by atoms with Gasteiger partial charge in [-0.2, -0.15) is 0 Å². The Labute approximate surface area is 193 Å². The molecule has 2 aromatic heterocycles. The van der Waals surface area contributed by atoms with Gasteiger partial charge in [0.25, 0.3) is 0 Å². The predicted molar refractivity (Wildman–Crippen MR) is 130 cm³/mol. The van der Waals surface area contributed by atoms with Crippen LogP contribution in [0, 0.1) is 0 Å². The van der Waals surface area contributed by atoms with Crippen LogP contribution in [0.3, 0.4) is 0 Å². The van der Waals surface area contributed by atoms with Crippen LogP contribution in [-0.2, 0) is 11.3 Å². The number of hydrogen-bond acceptors (Lipinski definition) is 8. The largest absolute Gasteiger partial charge is 0.508 e. The Morgan fingerprint density at radius 1 is 1.19 bits per heavy atom. The van der Waals surface area contributed by atoms with Crippen molar-refractivity contribution in [3.63, 3.8) is 0 Å². The lowest BCUT2D eigenvalue weighted by Gasteiger charge is -2.28. The summed E-state index contributed by atoms with van der Waals surface area (Å²) in [7, 11) is 4.45. The van der Waals surface area contributed by atoms with Gasteiger partial charge in [0.1, 0.15) is 5.75 Å². The minimum atomic E-state index is 0.226. The minimum absolute atomic E-state index is 0.226. The number of ether oxygens (including phenoxy) is 1. The van der Waals surface area contributed by atoms with E-state index >= 15 is 0 Å². The summed E-state index contributed by atoms with van der Waals surface area (Å²) in [6.45, 7) is 6.28. The lowest BCUT2D eigenvalue weighted by atomic mass is 10.2. The van der Waals surface area contributed by atoms with Gasteiger partial charge >= 0.3 is 0 Å². The summed E-state index contributed by atoms with van der Waals surface area (Å²) in [4.78, 5) is 18.4. The molecule has 7 nitrogen and oxygen atoms in total. The molecule has 0 radical (unpaired) electrons. The highest BCUT2D eigenvalue weighted by atomic mass is 32.1. The molecule has 2 fully saturated rings. The van der Waals surface area contributed by atoms with Gasteiger partial charge in [-0.3, -0.25) is 4.90 Å². The number of aromatic hydroxyl groups is 1. The number of phenolic OH excluding ortho intramolecular Hbond substituents is 1. The van der Waals surface area contributed by atoms with E-state index in [9.17, 15) is 5.11 Å². The van der Waals surface area contributed by atoms with Crippen LogP contribution in [0.25, 0.3) is 21.6 Å². The number of morpholine rings is 1. The second kappa shape index (κ2) is 9.31. The Hall–Kier alpha value is -2.26. The number of aromatic nitrogens is 2. The summed E-state index contributed by atoms with van der Waals surface area (Å²) in [6.07, 6.45) is 2.58. The third kappa shape index (κ3) is 4.59. The van der Waals surface area contributed by atoms with Crippen molar-refractivity contribution in [3.05, 3.63) is 35.2 Å². The molecule has 2 saturated heterocycles. The SMILES string of the molecule is CN(Cc1cc2nc(-c3cccc(O)c3)nc(N3CCOCC3)c2s1)CC1CCCN1C. The Morgan fingerprint density at radius 3 is 2.78 bits per heavy atom. The van der Waals surface area contributed by atoms with E-state index in [0.717, 1.165) is 47.8 Å². The molecule has 170 valence electrons. The fourth-order valence-corrected chi connectivity index (χ4v) is 5.90. The minimum Gasteiger partial charge on any atom is -0.508 e. The maximum absolute atomic E-state index is 9.96. The molecule has 1 N–H and O–H groups in total. The van der Waals surface area contributed by atoms with E-state index in [4.69, 9.17) is 14.7 Å². The second-order valence-electron chi connectivity index (χ2n) is 8.92. The van der Waals surface area contributed by atoms with Gasteiger partial charge in [0, 0.05) is 42.7 Å². The molecule has 1 atom stereocenters. The van der Waals surface area contributed by atoms with Gasteiger partial charge in [-0.05, 0) is 51.7 Å². The molecule has 2 aliphatic rings. The van der Waals surface area contributed by atoms with E-state index in [2.05, 4.69) is 34.9 Å². The summed E-state index contributed by atoms with van der Waals surface area (Å²) in [5.74, 6) is 1.86. The van der Waals surface area contributed by atoms with Crippen LogP contribution in [0.15, 0.2) is 30.3 Å². The fraction of sp³-hybridized carbons (Fsp3) is 0.500. The maximum atomic E-state index is 9.96. The van der Waals surface area contributed by atoms with Crippen LogP contribution < -0.4 is 4.90 Å². The molecule has 5 rings (SSSR count). The molecule has 0 amide bonds.